The Bertz CT molecular complexity index is 577. The number of methoxy groups -OCH3 is 1. The lowest BCUT2D eigenvalue weighted by atomic mass is 10.1. The van der Waals surface area contributed by atoms with E-state index in [0.717, 1.165) is 0 Å². The molecule has 0 bridgehead atoms. The molecule has 2 N–H and O–H groups in total. The zero-order valence-electron chi connectivity index (χ0n) is 9.93. The molecule has 1 heterocycles. The number of phenolic OH excluding ortho intramolecular Hbond substituents is 1. The number of nitrogens with one attached hydrogen (secondary N) is 1. The molecule has 0 atom stereocenters. The molecule has 1 aromatic carbocycles. The van der Waals surface area contributed by atoms with Crippen LogP contribution in [0.15, 0.2) is 28.8 Å². The summed E-state index contributed by atoms with van der Waals surface area (Å²) in [5, 5.41) is 15.8. The molecular weight excluding hydrogens is 236 g/mol. The van der Waals surface area contributed by atoms with Crippen LogP contribution in [0.1, 0.15) is 16.1 Å². The van der Waals surface area contributed by atoms with Gasteiger partial charge in [-0.1, -0.05) is 5.16 Å². The number of aromatic hydroxyl groups is 1. The molecule has 2 rings (SSSR count). The number of nitrogens with zero attached hydrogens (tertiary/aromatic N) is 1. The van der Waals surface area contributed by atoms with Crippen LogP contribution in [-0.4, -0.2) is 23.3 Å². The van der Waals surface area contributed by atoms with E-state index in [1.165, 1.54) is 19.2 Å². The smallest absolute Gasteiger partial charge is 0.260 e. The van der Waals surface area contributed by atoms with Crippen molar-refractivity contribution in [2.75, 3.05) is 12.4 Å². The SMILES string of the molecule is COc1ccc(O)c(C(=O)Nc2cc(C)on2)c1. The van der Waals surface area contributed by atoms with E-state index in [-0.39, 0.29) is 11.3 Å². The van der Waals surface area contributed by atoms with Crippen molar-refractivity contribution in [1.82, 2.24) is 5.16 Å². The van der Waals surface area contributed by atoms with E-state index in [1.54, 1.807) is 19.1 Å². The highest BCUT2D eigenvalue weighted by molar-refractivity contribution is 6.05. The standard InChI is InChI=1S/C12H12N2O4/c1-7-5-11(14-18-7)13-12(16)9-6-8(17-2)3-4-10(9)15/h3-6,15H,1-2H3,(H,13,14,16). The Kier molecular flexibility index (Phi) is 3.18. The van der Waals surface area contributed by atoms with E-state index in [9.17, 15) is 9.90 Å². The molecular formula is C12H12N2O4. The second kappa shape index (κ2) is 4.79. The minimum absolute atomic E-state index is 0.106. The molecule has 6 nitrogen and oxygen atoms in total. The summed E-state index contributed by atoms with van der Waals surface area (Å²) in [5.74, 6) is 0.738. The Labute approximate surface area is 103 Å². The monoisotopic (exact) mass is 248 g/mol. The summed E-state index contributed by atoms with van der Waals surface area (Å²) in [6.07, 6.45) is 0. The molecule has 1 amide bonds. The molecule has 18 heavy (non-hydrogen) atoms. The highest BCUT2D eigenvalue weighted by atomic mass is 16.5. The molecule has 0 aliphatic carbocycles. The van der Waals surface area contributed by atoms with Crippen molar-refractivity contribution in [2.24, 2.45) is 0 Å². The number of hydrogen-bond acceptors (Lipinski definition) is 5. The first-order valence-corrected chi connectivity index (χ1v) is 5.22. The number of amides is 1. The number of benzene rings is 1. The molecule has 0 spiro atoms. The van der Waals surface area contributed by atoms with Crippen molar-refractivity contribution >= 4 is 11.7 Å². The quantitative estimate of drug-likeness (QED) is 0.867. The van der Waals surface area contributed by atoms with Gasteiger partial charge in [0.05, 0.1) is 12.7 Å². The number of aromatic nitrogens is 1. The van der Waals surface area contributed by atoms with Crippen LogP contribution in [0.5, 0.6) is 11.5 Å². The van der Waals surface area contributed by atoms with Gasteiger partial charge in [0, 0.05) is 6.07 Å². The average Bonchev–Trinajstić information content (AvgIpc) is 2.75. The highest BCUT2D eigenvalue weighted by Gasteiger charge is 2.14. The number of aryl methyl sites for hydroxylation is 1. The Morgan fingerprint density at radius 3 is 2.83 bits per heavy atom. The Morgan fingerprint density at radius 2 is 2.22 bits per heavy atom. The van der Waals surface area contributed by atoms with Gasteiger partial charge >= 0.3 is 0 Å². The number of hydrogen-bond donors (Lipinski definition) is 2. The maximum Gasteiger partial charge on any atom is 0.260 e. The zero-order valence-corrected chi connectivity index (χ0v) is 9.93. The fraction of sp³-hybridized carbons (Fsp3) is 0.167. The molecule has 0 unspecified atom stereocenters. The molecule has 1 aromatic heterocycles. The van der Waals surface area contributed by atoms with Crippen molar-refractivity contribution in [3.8, 4) is 11.5 Å². The predicted molar refractivity (Wildman–Crippen MR) is 63.9 cm³/mol. The first kappa shape index (κ1) is 12.0. The van der Waals surface area contributed by atoms with Crippen LogP contribution in [0.3, 0.4) is 0 Å². The fourth-order valence-corrected chi connectivity index (χ4v) is 1.43. The van der Waals surface area contributed by atoms with Gasteiger partial charge in [-0.05, 0) is 25.1 Å². The summed E-state index contributed by atoms with van der Waals surface area (Å²) in [5.41, 5.74) is 0.106. The first-order chi connectivity index (χ1) is 8.60. The maximum absolute atomic E-state index is 11.9. The highest BCUT2D eigenvalue weighted by Crippen LogP contribution is 2.23. The lowest BCUT2D eigenvalue weighted by molar-refractivity contribution is 0.102. The van der Waals surface area contributed by atoms with Gasteiger partial charge in [0.25, 0.3) is 5.91 Å². The van der Waals surface area contributed by atoms with Gasteiger partial charge < -0.3 is 19.7 Å². The van der Waals surface area contributed by atoms with Crippen molar-refractivity contribution < 1.29 is 19.2 Å². The van der Waals surface area contributed by atoms with Crippen LogP contribution >= 0.6 is 0 Å². The third-order valence-electron chi connectivity index (χ3n) is 2.32. The van der Waals surface area contributed by atoms with Crippen LogP contribution in [0.25, 0.3) is 0 Å². The Morgan fingerprint density at radius 1 is 1.44 bits per heavy atom. The summed E-state index contributed by atoms with van der Waals surface area (Å²) in [4.78, 5) is 11.9. The van der Waals surface area contributed by atoms with Gasteiger partial charge in [-0.15, -0.1) is 0 Å². The summed E-state index contributed by atoms with van der Waals surface area (Å²) in [6.45, 7) is 1.71. The summed E-state index contributed by atoms with van der Waals surface area (Å²) in [6, 6.07) is 5.97. The minimum Gasteiger partial charge on any atom is -0.507 e. The first-order valence-electron chi connectivity index (χ1n) is 5.22. The summed E-state index contributed by atoms with van der Waals surface area (Å²) >= 11 is 0. The van der Waals surface area contributed by atoms with E-state index >= 15 is 0 Å². The lowest BCUT2D eigenvalue weighted by Crippen LogP contribution is -2.12. The van der Waals surface area contributed by atoms with E-state index in [1.807, 2.05) is 0 Å². The van der Waals surface area contributed by atoms with Gasteiger partial charge in [0.1, 0.15) is 17.3 Å². The molecule has 0 saturated carbocycles. The third kappa shape index (κ3) is 2.42. The molecule has 6 heteroatoms. The molecule has 0 saturated heterocycles. The number of phenols is 1. The fourth-order valence-electron chi connectivity index (χ4n) is 1.43. The van der Waals surface area contributed by atoms with Crippen LogP contribution < -0.4 is 10.1 Å². The van der Waals surface area contributed by atoms with E-state index in [0.29, 0.717) is 17.3 Å². The third-order valence-corrected chi connectivity index (χ3v) is 2.32. The van der Waals surface area contributed by atoms with Gasteiger partial charge in [-0.25, -0.2) is 0 Å². The summed E-state index contributed by atoms with van der Waals surface area (Å²) < 4.78 is 9.81. The van der Waals surface area contributed by atoms with Crippen molar-refractivity contribution in [3.05, 3.63) is 35.6 Å². The van der Waals surface area contributed by atoms with Crippen LogP contribution in [0.4, 0.5) is 5.82 Å². The number of ether oxygens (including phenoxy) is 1. The predicted octanol–water partition coefficient (Wildman–Crippen LogP) is 1.95. The number of carbonyl (C=O) groups excluding carboxylic acids is 1. The summed E-state index contributed by atoms with van der Waals surface area (Å²) in [7, 11) is 1.48. The van der Waals surface area contributed by atoms with Crippen LogP contribution in [0, 0.1) is 6.92 Å². The second-order valence-corrected chi connectivity index (χ2v) is 3.66. The van der Waals surface area contributed by atoms with Gasteiger partial charge in [-0.2, -0.15) is 0 Å². The van der Waals surface area contributed by atoms with Crippen molar-refractivity contribution in [1.29, 1.82) is 0 Å². The van der Waals surface area contributed by atoms with Gasteiger partial charge in [0.2, 0.25) is 0 Å². The van der Waals surface area contributed by atoms with Gasteiger partial charge in [-0.3, -0.25) is 4.79 Å². The lowest BCUT2D eigenvalue weighted by Gasteiger charge is -2.06. The maximum atomic E-state index is 11.9. The minimum atomic E-state index is -0.486. The molecule has 0 fully saturated rings. The Balaban J connectivity index is 2.23. The van der Waals surface area contributed by atoms with Crippen molar-refractivity contribution in [2.45, 2.75) is 6.92 Å². The number of anilines is 1. The van der Waals surface area contributed by atoms with E-state index < -0.39 is 5.91 Å². The topological polar surface area (TPSA) is 84.6 Å². The number of carbonyl (C=O) groups is 1. The Hall–Kier alpha value is -2.50. The second-order valence-electron chi connectivity index (χ2n) is 3.66. The average molecular weight is 248 g/mol. The van der Waals surface area contributed by atoms with Gasteiger partial charge in [0.15, 0.2) is 5.82 Å². The molecule has 0 radical (unpaired) electrons. The largest absolute Gasteiger partial charge is 0.507 e. The molecule has 0 aliphatic rings. The normalized spacial score (nSPS) is 10.1. The van der Waals surface area contributed by atoms with Crippen LogP contribution in [0.2, 0.25) is 0 Å². The molecule has 0 aliphatic heterocycles. The van der Waals surface area contributed by atoms with Crippen molar-refractivity contribution in [3.63, 3.8) is 0 Å². The molecule has 2 aromatic rings. The zero-order chi connectivity index (χ0) is 13.1. The molecule has 94 valence electrons. The van der Waals surface area contributed by atoms with E-state index in [4.69, 9.17) is 9.26 Å². The van der Waals surface area contributed by atoms with E-state index in [2.05, 4.69) is 10.5 Å². The van der Waals surface area contributed by atoms with Crippen LogP contribution in [-0.2, 0) is 0 Å². The number of rotatable bonds is 3.